The van der Waals surface area contributed by atoms with E-state index in [-0.39, 0.29) is 6.04 Å². The summed E-state index contributed by atoms with van der Waals surface area (Å²) in [6, 6.07) is 4.54. The highest BCUT2D eigenvalue weighted by molar-refractivity contribution is 7.10. The summed E-state index contributed by atoms with van der Waals surface area (Å²) in [4.78, 5) is 10.4. The van der Waals surface area contributed by atoms with Gasteiger partial charge in [0.2, 0.25) is 0 Å². The molecule has 0 radical (unpaired) electrons. The number of hydrogen-bond acceptors (Lipinski definition) is 5. The topological polar surface area (TPSA) is 49.8 Å². The molecule has 0 aliphatic heterocycles. The van der Waals surface area contributed by atoms with Crippen molar-refractivity contribution in [2.24, 2.45) is 5.92 Å². The summed E-state index contributed by atoms with van der Waals surface area (Å²) in [5.41, 5.74) is 1.07. The first-order valence-corrected chi connectivity index (χ1v) is 8.30. The van der Waals surface area contributed by atoms with Crippen LogP contribution in [0.15, 0.2) is 17.5 Å². The first-order valence-electron chi connectivity index (χ1n) is 7.42. The van der Waals surface area contributed by atoms with Gasteiger partial charge in [0.25, 0.3) is 0 Å². The summed E-state index contributed by atoms with van der Waals surface area (Å²) < 4.78 is 0. The van der Waals surface area contributed by atoms with Crippen molar-refractivity contribution in [2.45, 2.75) is 40.7 Å². The van der Waals surface area contributed by atoms with Crippen LogP contribution in [0.4, 0.5) is 11.6 Å². The Labute approximate surface area is 131 Å². The van der Waals surface area contributed by atoms with Gasteiger partial charge in [0.1, 0.15) is 17.5 Å². The van der Waals surface area contributed by atoms with Crippen molar-refractivity contribution in [1.82, 2.24) is 9.97 Å². The summed E-state index contributed by atoms with van der Waals surface area (Å²) in [5.74, 6) is 3.11. The Morgan fingerprint density at radius 1 is 1.19 bits per heavy atom. The van der Waals surface area contributed by atoms with Crippen molar-refractivity contribution < 1.29 is 0 Å². The van der Waals surface area contributed by atoms with Crippen LogP contribution < -0.4 is 10.6 Å². The molecule has 0 saturated carbocycles. The van der Waals surface area contributed by atoms with Crippen LogP contribution in [0.3, 0.4) is 0 Å². The summed E-state index contributed by atoms with van der Waals surface area (Å²) in [6.45, 7) is 11.4. The van der Waals surface area contributed by atoms with E-state index in [2.05, 4.69) is 65.8 Å². The smallest absolute Gasteiger partial charge is 0.135 e. The number of hydrogen-bond donors (Lipinski definition) is 2. The first kappa shape index (κ1) is 15.8. The van der Waals surface area contributed by atoms with E-state index in [4.69, 9.17) is 0 Å². The second-order valence-electron chi connectivity index (χ2n) is 5.50. The molecule has 5 heteroatoms. The van der Waals surface area contributed by atoms with Crippen LogP contribution in [-0.4, -0.2) is 16.5 Å². The lowest BCUT2D eigenvalue weighted by Gasteiger charge is -2.23. The van der Waals surface area contributed by atoms with Gasteiger partial charge in [0.15, 0.2) is 0 Å². The molecule has 21 heavy (non-hydrogen) atoms. The van der Waals surface area contributed by atoms with Gasteiger partial charge in [0, 0.05) is 17.0 Å². The Kier molecular flexibility index (Phi) is 5.17. The maximum Gasteiger partial charge on any atom is 0.135 e. The molecule has 114 valence electrons. The molecule has 0 saturated heterocycles. The van der Waals surface area contributed by atoms with Crippen LogP contribution in [0.5, 0.6) is 0 Å². The largest absolute Gasteiger partial charge is 0.370 e. The molecule has 0 bridgehead atoms. The van der Waals surface area contributed by atoms with E-state index in [0.717, 1.165) is 29.6 Å². The van der Waals surface area contributed by atoms with E-state index in [1.807, 2.05) is 6.92 Å². The molecule has 1 atom stereocenters. The molecule has 2 rings (SSSR count). The van der Waals surface area contributed by atoms with Gasteiger partial charge in [-0.05, 0) is 38.1 Å². The number of thiophene rings is 1. The standard InChI is InChI=1S/C16H24N4S/c1-6-17-15-11(4)16(19-12(5)18-15)20-14(10(2)3)13-8-7-9-21-13/h7-10,14H,6H2,1-5H3,(H2,17,18,19,20). The highest BCUT2D eigenvalue weighted by atomic mass is 32.1. The number of nitrogens with zero attached hydrogens (tertiary/aromatic N) is 2. The number of anilines is 2. The van der Waals surface area contributed by atoms with Gasteiger partial charge in [-0.3, -0.25) is 0 Å². The van der Waals surface area contributed by atoms with Crippen LogP contribution in [0.1, 0.15) is 43.1 Å². The maximum absolute atomic E-state index is 4.59. The fourth-order valence-corrected chi connectivity index (χ4v) is 3.24. The molecule has 2 N–H and O–H groups in total. The fraction of sp³-hybridized carbons (Fsp3) is 0.500. The van der Waals surface area contributed by atoms with Gasteiger partial charge >= 0.3 is 0 Å². The molecule has 0 spiro atoms. The molecule has 0 aliphatic rings. The van der Waals surface area contributed by atoms with Gasteiger partial charge in [-0.1, -0.05) is 19.9 Å². The number of aromatic nitrogens is 2. The third-order valence-electron chi connectivity index (χ3n) is 3.41. The van der Waals surface area contributed by atoms with E-state index in [1.54, 1.807) is 11.3 Å². The summed E-state index contributed by atoms with van der Waals surface area (Å²) in [5, 5.41) is 9.03. The quantitative estimate of drug-likeness (QED) is 0.830. The van der Waals surface area contributed by atoms with Crippen LogP contribution in [-0.2, 0) is 0 Å². The monoisotopic (exact) mass is 304 g/mol. The van der Waals surface area contributed by atoms with Gasteiger partial charge in [-0.25, -0.2) is 9.97 Å². The molecule has 2 aromatic rings. The Bertz CT molecular complexity index is 578. The normalized spacial score (nSPS) is 12.5. The molecule has 1 unspecified atom stereocenters. The lowest BCUT2D eigenvalue weighted by Crippen LogP contribution is -2.18. The van der Waals surface area contributed by atoms with Crippen LogP contribution in [0.25, 0.3) is 0 Å². The fourth-order valence-electron chi connectivity index (χ4n) is 2.29. The van der Waals surface area contributed by atoms with Gasteiger partial charge in [-0.2, -0.15) is 0 Å². The van der Waals surface area contributed by atoms with Crippen LogP contribution >= 0.6 is 11.3 Å². The zero-order chi connectivity index (χ0) is 15.4. The van der Waals surface area contributed by atoms with E-state index in [0.29, 0.717) is 5.92 Å². The van der Waals surface area contributed by atoms with E-state index in [9.17, 15) is 0 Å². The molecular weight excluding hydrogens is 280 g/mol. The van der Waals surface area contributed by atoms with E-state index >= 15 is 0 Å². The molecule has 2 aromatic heterocycles. The third-order valence-corrected chi connectivity index (χ3v) is 4.37. The van der Waals surface area contributed by atoms with Crippen molar-refractivity contribution in [3.63, 3.8) is 0 Å². The summed E-state index contributed by atoms with van der Waals surface area (Å²) in [7, 11) is 0. The minimum atomic E-state index is 0.271. The SMILES string of the molecule is CCNc1nc(C)nc(NC(c2cccs2)C(C)C)c1C. The number of rotatable bonds is 6. The Hall–Kier alpha value is -1.62. The average molecular weight is 304 g/mol. The van der Waals surface area contributed by atoms with E-state index in [1.165, 1.54) is 4.88 Å². The van der Waals surface area contributed by atoms with Gasteiger partial charge in [-0.15, -0.1) is 11.3 Å². The van der Waals surface area contributed by atoms with Crippen molar-refractivity contribution in [3.05, 3.63) is 33.8 Å². The predicted octanol–water partition coefficient (Wildman–Crippen LogP) is 4.40. The molecular formula is C16H24N4S. The Morgan fingerprint density at radius 3 is 2.48 bits per heavy atom. The van der Waals surface area contributed by atoms with Gasteiger partial charge < -0.3 is 10.6 Å². The molecule has 2 heterocycles. The van der Waals surface area contributed by atoms with Crippen molar-refractivity contribution >= 4 is 23.0 Å². The minimum Gasteiger partial charge on any atom is -0.370 e. The highest BCUT2D eigenvalue weighted by Gasteiger charge is 2.19. The predicted molar refractivity (Wildman–Crippen MR) is 91.2 cm³/mol. The molecule has 4 nitrogen and oxygen atoms in total. The second-order valence-corrected chi connectivity index (χ2v) is 6.48. The summed E-state index contributed by atoms with van der Waals surface area (Å²) >= 11 is 1.78. The molecule has 0 aromatic carbocycles. The third kappa shape index (κ3) is 3.73. The van der Waals surface area contributed by atoms with Crippen LogP contribution in [0, 0.1) is 19.8 Å². The summed E-state index contributed by atoms with van der Waals surface area (Å²) in [6.07, 6.45) is 0. The first-order chi connectivity index (χ1) is 10.0. The molecule has 0 fully saturated rings. The van der Waals surface area contributed by atoms with Gasteiger partial charge in [0.05, 0.1) is 6.04 Å². The van der Waals surface area contributed by atoms with Crippen molar-refractivity contribution in [3.8, 4) is 0 Å². The molecule has 0 aliphatic carbocycles. The lowest BCUT2D eigenvalue weighted by molar-refractivity contribution is 0.551. The number of nitrogens with one attached hydrogen (secondary N) is 2. The van der Waals surface area contributed by atoms with Crippen LogP contribution in [0.2, 0.25) is 0 Å². The van der Waals surface area contributed by atoms with Crippen molar-refractivity contribution in [2.75, 3.05) is 17.2 Å². The zero-order valence-electron chi connectivity index (χ0n) is 13.4. The number of aryl methyl sites for hydroxylation is 1. The minimum absolute atomic E-state index is 0.271. The van der Waals surface area contributed by atoms with E-state index < -0.39 is 0 Å². The second kappa shape index (κ2) is 6.89. The maximum atomic E-state index is 4.59. The lowest BCUT2D eigenvalue weighted by atomic mass is 10.0. The Balaban J connectivity index is 2.33. The zero-order valence-corrected chi connectivity index (χ0v) is 14.2. The molecule has 0 amide bonds. The Morgan fingerprint density at radius 2 is 1.90 bits per heavy atom. The van der Waals surface area contributed by atoms with Crippen molar-refractivity contribution in [1.29, 1.82) is 0 Å². The highest BCUT2D eigenvalue weighted by Crippen LogP contribution is 2.31. The average Bonchev–Trinajstić information content (AvgIpc) is 2.94.